The summed E-state index contributed by atoms with van der Waals surface area (Å²) >= 11 is 0. The van der Waals surface area contributed by atoms with Gasteiger partial charge in [0.1, 0.15) is 5.82 Å². The third-order valence-corrected chi connectivity index (χ3v) is 4.37. The second-order valence-electron chi connectivity index (χ2n) is 6.63. The molecule has 25 heavy (non-hydrogen) atoms. The fourth-order valence-corrected chi connectivity index (χ4v) is 2.93. The topological polar surface area (TPSA) is 103 Å². The molecule has 132 valence electrons. The third kappa shape index (κ3) is 3.52. The van der Waals surface area contributed by atoms with E-state index < -0.39 is 4.92 Å². The molecule has 8 nitrogen and oxygen atoms in total. The Hall–Kier alpha value is -2.77. The average molecular weight is 343 g/mol. The minimum absolute atomic E-state index is 0.0116. The summed E-state index contributed by atoms with van der Waals surface area (Å²) < 4.78 is 2.05. The van der Waals surface area contributed by atoms with E-state index in [0.717, 1.165) is 18.7 Å². The van der Waals surface area contributed by atoms with Crippen molar-refractivity contribution in [3.8, 4) is 0 Å². The Morgan fingerprint density at radius 2 is 2.12 bits per heavy atom. The zero-order chi connectivity index (χ0) is 18.1. The van der Waals surface area contributed by atoms with Crippen LogP contribution in [-0.2, 0) is 6.54 Å². The predicted molar refractivity (Wildman–Crippen MR) is 91.4 cm³/mol. The summed E-state index contributed by atoms with van der Waals surface area (Å²) in [4.78, 5) is 23.2. The highest BCUT2D eigenvalue weighted by molar-refractivity contribution is 5.94. The van der Waals surface area contributed by atoms with E-state index in [1.165, 1.54) is 6.07 Å². The molecule has 0 atom stereocenters. The molecule has 1 N–H and O–H groups in total. The van der Waals surface area contributed by atoms with Crippen LogP contribution in [0.25, 0.3) is 0 Å². The molecule has 0 saturated heterocycles. The maximum atomic E-state index is 12.4. The number of hydrogen-bond acceptors (Lipinski definition) is 5. The van der Waals surface area contributed by atoms with E-state index in [1.54, 1.807) is 12.1 Å². The molecule has 1 aromatic carbocycles. The summed E-state index contributed by atoms with van der Waals surface area (Å²) in [6.07, 6.45) is 2.20. The summed E-state index contributed by atoms with van der Waals surface area (Å²) in [5.74, 6) is 1.20. The van der Waals surface area contributed by atoms with E-state index in [4.69, 9.17) is 0 Å². The molecule has 1 heterocycles. The van der Waals surface area contributed by atoms with Gasteiger partial charge in [0, 0.05) is 23.2 Å². The van der Waals surface area contributed by atoms with Gasteiger partial charge in [0.25, 0.3) is 11.6 Å². The van der Waals surface area contributed by atoms with Gasteiger partial charge < -0.3 is 9.88 Å². The van der Waals surface area contributed by atoms with Crippen molar-refractivity contribution in [2.45, 2.75) is 52.1 Å². The molecule has 1 aliphatic carbocycles. The summed E-state index contributed by atoms with van der Waals surface area (Å²) in [6, 6.07) is 5.03. The fraction of sp³-hybridized carbons (Fsp3) is 0.471. The van der Waals surface area contributed by atoms with Gasteiger partial charge in [-0.1, -0.05) is 19.9 Å². The van der Waals surface area contributed by atoms with E-state index in [1.807, 2.05) is 25.3 Å². The van der Waals surface area contributed by atoms with Crippen LogP contribution in [0.15, 0.2) is 18.2 Å². The number of amides is 1. The van der Waals surface area contributed by atoms with E-state index in [9.17, 15) is 14.9 Å². The van der Waals surface area contributed by atoms with Crippen LogP contribution in [0.1, 0.15) is 66.2 Å². The van der Waals surface area contributed by atoms with Gasteiger partial charge in [0.2, 0.25) is 0 Å². The lowest BCUT2D eigenvalue weighted by Gasteiger charge is -2.10. The Morgan fingerprint density at radius 1 is 1.40 bits per heavy atom. The van der Waals surface area contributed by atoms with Gasteiger partial charge in [-0.3, -0.25) is 14.9 Å². The monoisotopic (exact) mass is 343 g/mol. The molecule has 0 bridgehead atoms. The number of benzene rings is 1. The van der Waals surface area contributed by atoms with Crippen molar-refractivity contribution in [3.05, 3.63) is 51.1 Å². The number of aryl methyl sites for hydroxylation is 1. The van der Waals surface area contributed by atoms with Crippen LogP contribution in [0.3, 0.4) is 0 Å². The van der Waals surface area contributed by atoms with E-state index in [0.29, 0.717) is 17.4 Å². The van der Waals surface area contributed by atoms with Crippen LogP contribution in [0, 0.1) is 17.0 Å². The molecule has 1 fully saturated rings. The van der Waals surface area contributed by atoms with Gasteiger partial charge in [0.15, 0.2) is 5.82 Å². The molecule has 1 aromatic heterocycles. The minimum atomic E-state index is -0.445. The number of nitrogens with zero attached hydrogens (tertiary/aromatic N) is 4. The molecule has 0 spiro atoms. The zero-order valence-corrected chi connectivity index (χ0v) is 14.5. The third-order valence-electron chi connectivity index (χ3n) is 4.37. The lowest BCUT2D eigenvalue weighted by Crippen LogP contribution is -2.25. The van der Waals surface area contributed by atoms with Crippen LogP contribution >= 0.6 is 0 Å². The smallest absolute Gasteiger partial charge is 0.273 e. The van der Waals surface area contributed by atoms with Gasteiger partial charge in [-0.2, -0.15) is 0 Å². The second kappa shape index (κ2) is 6.62. The number of nitro benzene ring substituents is 1. The normalized spacial score (nSPS) is 13.9. The molecule has 8 heteroatoms. The quantitative estimate of drug-likeness (QED) is 0.641. The van der Waals surface area contributed by atoms with E-state index in [-0.39, 0.29) is 29.6 Å². The van der Waals surface area contributed by atoms with E-state index >= 15 is 0 Å². The lowest BCUT2D eigenvalue weighted by atomic mass is 9.99. The maximum absolute atomic E-state index is 12.4. The summed E-state index contributed by atoms with van der Waals surface area (Å²) in [6.45, 7) is 5.91. The van der Waals surface area contributed by atoms with E-state index in [2.05, 4.69) is 15.5 Å². The predicted octanol–water partition coefficient (Wildman–Crippen LogP) is 2.88. The number of nitrogens with one attached hydrogen (secondary N) is 1. The first-order valence-corrected chi connectivity index (χ1v) is 8.35. The number of carbonyl (C=O) groups is 1. The van der Waals surface area contributed by atoms with Crippen molar-refractivity contribution in [3.63, 3.8) is 0 Å². The highest BCUT2D eigenvalue weighted by atomic mass is 16.6. The molecule has 1 aliphatic rings. The Kier molecular flexibility index (Phi) is 4.52. The number of rotatable bonds is 6. The van der Waals surface area contributed by atoms with Crippen LogP contribution in [0.4, 0.5) is 5.69 Å². The van der Waals surface area contributed by atoms with Crippen molar-refractivity contribution in [2.75, 3.05) is 0 Å². The van der Waals surface area contributed by atoms with Crippen LogP contribution < -0.4 is 5.32 Å². The lowest BCUT2D eigenvalue weighted by molar-refractivity contribution is -0.385. The number of hydrogen-bond donors (Lipinski definition) is 1. The largest absolute Gasteiger partial charge is 0.345 e. The highest BCUT2D eigenvalue weighted by Gasteiger charge is 2.28. The highest BCUT2D eigenvalue weighted by Crippen LogP contribution is 2.36. The van der Waals surface area contributed by atoms with Gasteiger partial charge >= 0.3 is 0 Å². The molecular formula is C17H21N5O3. The van der Waals surface area contributed by atoms with Gasteiger partial charge in [-0.05, 0) is 31.7 Å². The van der Waals surface area contributed by atoms with Gasteiger partial charge in [-0.15, -0.1) is 10.2 Å². The number of aromatic nitrogens is 3. The molecule has 3 rings (SSSR count). The summed E-state index contributed by atoms with van der Waals surface area (Å²) in [7, 11) is 0. The van der Waals surface area contributed by atoms with Crippen LogP contribution in [0.2, 0.25) is 0 Å². The molecule has 0 radical (unpaired) electrons. The first kappa shape index (κ1) is 17.1. The maximum Gasteiger partial charge on any atom is 0.273 e. The second-order valence-corrected chi connectivity index (χ2v) is 6.63. The van der Waals surface area contributed by atoms with Crippen molar-refractivity contribution in [1.82, 2.24) is 20.1 Å². The zero-order valence-electron chi connectivity index (χ0n) is 14.5. The molecule has 1 saturated carbocycles. The molecule has 1 amide bonds. The summed E-state index contributed by atoms with van der Waals surface area (Å²) in [5.41, 5.74) is 0.857. The average Bonchev–Trinajstić information content (AvgIpc) is 3.34. The Morgan fingerprint density at radius 3 is 2.72 bits per heavy atom. The number of carbonyl (C=O) groups excluding carboxylic acids is 1. The van der Waals surface area contributed by atoms with Crippen LogP contribution in [0.5, 0.6) is 0 Å². The Labute approximate surface area is 145 Å². The first-order valence-electron chi connectivity index (χ1n) is 8.35. The van der Waals surface area contributed by atoms with Crippen molar-refractivity contribution >= 4 is 11.6 Å². The van der Waals surface area contributed by atoms with Gasteiger partial charge in [0.05, 0.1) is 11.5 Å². The Balaban J connectivity index is 1.75. The SMILES string of the molecule is Cc1nnc(CNC(=O)c2ccc(C(C)C)c([N+](=O)[O-])c2)n1C1CC1. The van der Waals surface area contributed by atoms with Crippen molar-refractivity contribution < 1.29 is 9.72 Å². The number of nitro groups is 1. The van der Waals surface area contributed by atoms with Crippen molar-refractivity contribution in [1.29, 1.82) is 0 Å². The molecule has 0 aliphatic heterocycles. The van der Waals surface area contributed by atoms with Gasteiger partial charge in [-0.25, -0.2) is 0 Å². The standard InChI is InChI=1S/C17H21N5O3/c1-10(2)14-7-4-12(8-15(14)22(24)25)17(23)18-9-16-20-19-11(3)21(16)13-5-6-13/h4,7-8,10,13H,5-6,9H2,1-3H3,(H,18,23). The van der Waals surface area contributed by atoms with Crippen LogP contribution in [-0.4, -0.2) is 25.6 Å². The summed E-state index contributed by atoms with van der Waals surface area (Å²) in [5, 5.41) is 22.2. The first-order chi connectivity index (χ1) is 11.9. The Bertz CT molecular complexity index is 824. The van der Waals surface area contributed by atoms with Crippen molar-refractivity contribution in [2.24, 2.45) is 0 Å². The molecular weight excluding hydrogens is 322 g/mol. The molecule has 2 aromatic rings. The molecule has 0 unspecified atom stereocenters. The fourth-order valence-electron chi connectivity index (χ4n) is 2.93. The minimum Gasteiger partial charge on any atom is -0.345 e.